The van der Waals surface area contributed by atoms with Gasteiger partial charge in [0.2, 0.25) is 5.91 Å². The maximum absolute atomic E-state index is 12.4. The number of fused-ring (bicyclic) bond motifs is 1. The fourth-order valence-corrected chi connectivity index (χ4v) is 4.68. The van der Waals surface area contributed by atoms with Crippen LogP contribution < -0.4 is 5.32 Å². The Hall–Kier alpha value is -0.780. The van der Waals surface area contributed by atoms with Crippen molar-refractivity contribution in [2.24, 2.45) is 0 Å². The molecule has 1 unspecified atom stereocenters. The van der Waals surface area contributed by atoms with Crippen molar-refractivity contribution in [3.63, 3.8) is 0 Å². The molecule has 1 aromatic carbocycles. The Morgan fingerprint density at radius 3 is 2.74 bits per heavy atom. The van der Waals surface area contributed by atoms with E-state index in [2.05, 4.69) is 28.6 Å². The van der Waals surface area contributed by atoms with Gasteiger partial charge in [-0.2, -0.15) is 0 Å². The quantitative estimate of drug-likeness (QED) is 0.776. The molecule has 7 heteroatoms. The predicted molar refractivity (Wildman–Crippen MR) is 98.1 cm³/mol. The zero-order chi connectivity index (χ0) is 16.6. The summed E-state index contributed by atoms with van der Waals surface area (Å²) in [7, 11) is 0. The fraction of sp³-hybridized carbons (Fsp3) is 0.312. The maximum Gasteiger partial charge on any atom is 0.238 e. The molecule has 1 aliphatic rings. The van der Waals surface area contributed by atoms with Crippen LogP contribution in [0.25, 0.3) is 0 Å². The van der Waals surface area contributed by atoms with Crippen LogP contribution in [-0.4, -0.2) is 23.9 Å². The highest BCUT2D eigenvalue weighted by Gasteiger charge is 2.26. The SMILES string of the molecule is CC1c2ccsc2CCN1CC(=O)Nc1c(Cl)cc(Cl)cc1Cl. The lowest BCUT2D eigenvalue weighted by atomic mass is 10.0. The summed E-state index contributed by atoms with van der Waals surface area (Å²) in [6.07, 6.45) is 0.979. The zero-order valence-corrected chi connectivity index (χ0v) is 15.5. The first-order chi connectivity index (χ1) is 11.0. The summed E-state index contributed by atoms with van der Waals surface area (Å²) < 4.78 is 0. The van der Waals surface area contributed by atoms with Crippen molar-refractivity contribution in [3.8, 4) is 0 Å². The van der Waals surface area contributed by atoms with Crippen molar-refractivity contribution >= 4 is 57.7 Å². The van der Waals surface area contributed by atoms with Crippen LogP contribution in [0.2, 0.25) is 15.1 Å². The minimum absolute atomic E-state index is 0.137. The largest absolute Gasteiger partial charge is 0.322 e. The lowest BCUT2D eigenvalue weighted by Gasteiger charge is -2.33. The highest BCUT2D eigenvalue weighted by Crippen LogP contribution is 2.35. The van der Waals surface area contributed by atoms with E-state index in [-0.39, 0.29) is 11.9 Å². The van der Waals surface area contributed by atoms with Gasteiger partial charge in [0, 0.05) is 22.5 Å². The molecule has 1 aromatic heterocycles. The molecule has 122 valence electrons. The number of halogens is 3. The van der Waals surface area contributed by atoms with Gasteiger partial charge in [0.05, 0.1) is 22.3 Å². The topological polar surface area (TPSA) is 32.3 Å². The van der Waals surface area contributed by atoms with Crippen molar-refractivity contribution in [1.82, 2.24) is 4.90 Å². The van der Waals surface area contributed by atoms with Gasteiger partial charge in [-0.25, -0.2) is 0 Å². The van der Waals surface area contributed by atoms with E-state index in [0.29, 0.717) is 27.3 Å². The second-order valence-electron chi connectivity index (χ2n) is 5.49. The molecule has 3 nitrogen and oxygen atoms in total. The molecule has 1 N–H and O–H groups in total. The fourth-order valence-electron chi connectivity index (χ4n) is 2.80. The summed E-state index contributed by atoms with van der Waals surface area (Å²) in [5, 5.41) is 6.01. The second kappa shape index (κ2) is 6.99. The van der Waals surface area contributed by atoms with E-state index in [1.807, 2.05) is 0 Å². The molecule has 2 aromatic rings. The number of carbonyl (C=O) groups is 1. The summed E-state index contributed by atoms with van der Waals surface area (Å²) in [5.41, 5.74) is 1.72. The van der Waals surface area contributed by atoms with Crippen LogP contribution >= 0.6 is 46.1 Å². The molecule has 0 aliphatic carbocycles. The Bertz CT molecular complexity index is 724. The lowest BCUT2D eigenvalue weighted by molar-refractivity contribution is -0.117. The normalized spacial score (nSPS) is 17.8. The average molecular weight is 390 g/mol. The number of thiophene rings is 1. The Morgan fingerprint density at radius 2 is 2.04 bits per heavy atom. The van der Waals surface area contributed by atoms with Gasteiger partial charge < -0.3 is 5.32 Å². The van der Waals surface area contributed by atoms with E-state index in [1.54, 1.807) is 23.5 Å². The number of hydrogen-bond acceptors (Lipinski definition) is 3. The number of amides is 1. The zero-order valence-electron chi connectivity index (χ0n) is 12.4. The van der Waals surface area contributed by atoms with Crippen molar-refractivity contribution < 1.29 is 4.79 Å². The number of benzene rings is 1. The molecule has 1 amide bonds. The van der Waals surface area contributed by atoms with Crippen LogP contribution in [0.5, 0.6) is 0 Å². The molecule has 0 saturated carbocycles. The summed E-state index contributed by atoms with van der Waals surface area (Å²) >= 11 is 19.9. The summed E-state index contributed by atoms with van der Waals surface area (Å²) in [6, 6.07) is 5.49. The molecule has 0 fully saturated rings. The van der Waals surface area contributed by atoms with E-state index in [4.69, 9.17) is 34.8 Å². The minimum Gasteiger partial charge on any atom is -0.322 e. The van der Waals surface area contributed by atoms with Crippen molar-refractivity contribution in [2.75, 3.05) is 18.4 Å². The number of carbonyl (C=O) groups excluding carboxylic acids is 1. The number of anilines is 1. The van der Waals surface area contributed by atoms with Crippen LogP contribution in [0, 0.1) is 0 Å². The molecular weight excluding hydrogens is 375 g/mol. The first-order valence-corrected chi connectivity index (χ1v) is 9.21. The van der Waals surface area contributed by atoms with Crippen LogP contribution in [0.4, 0.5) is 5.69 Å². The molecule has 23 heavy (non-hydrogen) atoms. The van der Waals surface area contributed by atoms with E-state index in [9.17, 15) is 4.79 Å². The predicted octanol–water partition coefficient (Wildman–Crippen LogP) is 5.27. The molecule has 2 heterocycles. The number of nitrogens with zero attached hydrogens (tertiary/aromatic N) is 1. The third kappa shape index (κ3) is 3.67. The standard InChI is InChI=1S/C16H15Cl3N2OS/c1-9-11-3-5-23-14(11)2-4-21(9)8-15(22)20-16-12(18)6-10(17)7-13(16)19/h3,5-7,9H,2,4,8H2,1H3,(H,20,22). The molecule has 1 atom stereocenters. The molecule has 1 aliphatic heterocycles. The van der Waals surface area contributed by atoms with Crippen LogP contribution in [0.15, 0.2) is 23.6 Å². The van der Waals surface area contributed by atoms with Gasteiger partial charge in [-0.05, 0) is 42.5 Å². The number of nitrogens with one attached hydrogen (secondary N) is 1. The summed E-state index contributed by atoms with van der Waals surface area (Å²) in [6.45, 7) is 3.29. The van der Waals surface area contributed by atoms with Crippen LogP contribution in [-0.2, 0) is 11.2 Å². The minimum atomic E-state index is -0.137. The van der Waals surface area contributed by atoms with Gasteiger partial charge in [0.1, 0.15) is 0 Å². The van der Waals surface area contributed by atoms with E-state index < -0.39 is 0 Å². The number of hydrogen-bond donors (Lipinski definition) is 1. The van der Waals surface area contributed by atoms with Crippen molar-refractivity contribution in [1.29, 1.82) is 0 Å². The molecule has 0 saturated heterocycles. The smallest absolute Gasteiger partial charge is 0.238 e. The first kappa shape index (κ1) is 17.1. The van der Waals surface area contributed by atoms with Crippen LogP contribution in [0.1, 0.15) is 23.4 Å². The van der Waals surface area contributed by atoms with Crippen molar-refractivity contribution in [3.05, 3.63) is 49.1 Å². The number of rotatable bonds is 3. The van der Waals surface area contributed by atoms with Crippen molar-refractivity contribution in [2.45, 2.75) is 19.4 Å². The maximum atomic E-state index is 12.4. The Morgan fingerprint density at radius 1 is 1.35 bits per heavy atom. The molecule has 0 radical (unpaired) electrons. The highest BCUT2D eigenvalue weighted by molar-refractivity contribution is 7.10. The van der Waals surface area contributed by atoms with Crippen LogP contribution in [0.3, 0.4) is 0 Å². The van der Waals surface area contributed by atoms with E-state index >= 15 is 0 Å². The lowest BCUT2D eigenvalue weighted by Crippen LogP contribution is -2.39. The third-order valence-electron chi connectivity index (χ3n) is 4.02. The third-order valence-corrected chi connectivity index (χ3v) is 5.83. The molecule has 0 bridgehead atoms. The Kier molecular flexibility index (Phi) is 5.19. The molecule has 0 spiro atoms. The Labute approximate surface area is 154 Å². The highest BCUT2D eigenvalue weighted by atomic mass is 35.5. The molecular formula is C16H15Cl3N2OS. The summed E-state index contributed by atoms with van der Waals surface area (Å²) in [4.78, 5) is 15.9. The van der Waals surface area contributed by atoms with E-state index in [1.165, 1.54) is 10.4 Å². The summed E-state index contributed by atoms with van der Waals surface area (Å²) in [5.74, 6) is -0.137. The first-order valence-electron chi connectivity index (χ1n) is 7.20. The van der Waals surface area contributed by atoms with Gasteiger partial charge in [0.25, 0.3) is 0 Å². The van der Waals surface area contributed by atoms with Gasteiger partial charge in [-0.1, -0.05) is 34.8 Å². The second-order valence-corrected chi connectivity index (χ2v) is 7.74. The van der Waals surface area contributed by atoms with Gasteiger partial charge in [0.15, 0.2) is 0 Å². The Balaban J connectivity index is 1.69. The van der Waals surface area contributed by atoms with Gasteiger partial charge in [-0.15, -0.1) is 11.3 Å². The monoisotopic (exact) mass is 388 g/mol. The van der Waals surface area contributed by atoms with Gasteiger partial charge in [-0.3, -0.25) is 9.69 Å². The molecule has 3 rings (SSSR count). The average Bonchev–Trinajstić information content (AvgIpc) is 2.95. The van der Waals surface area contributed by atoms with E-state index in [0.717, 1.165) is 13.0 Å². The van der Waals surface area contributed by atoms with Gasteiger partial charge >= 0.3 is 0 Å².